The summed E-state index contributed by atoms with van der Waals surface area (Å²) in [5.41, 5.74) is 3.78. The summed E-state index contributed by atoms with van der Waals surface area (Å²) >= 11 is 1.48. The second-order valence-electron chi connectivity index (χ2n) is 6.16. The number of nitro groups is 1. The Morgan fingerprint density at radius 2 is 1.85 bits per heavy atom. The average molecular weight is 369 g/mol. The molecule has 1 aromatic heterocycles. The van der Waals surface area contributed by atoms with Crippen LogP contribution in [0.3, 0.4) is 0 Å². The summed E-state index contributed by atoms with van der Waals surface area (Å²) in [4.78, 5) is 27.7. The molecule has 0 bridgehead atoms. The number of hydrogen-bond donors (Lipinski definition) is 0. The molecule has 0 radical (unpaired) electrons. The Balaban J connectivity index is 2.09. The maximum Gasteiger partial charge on any atom is 0.279 e. The standard InChI is InChI=1S/C19H19N3O3S/c1-4-9-21-16-10-12(2)13(3)11-17(16)26-19(21)20-18(23)14-5-7-15(8-6-14)22(24)25/h5-8,10-11H,4,9H2,1-3H3. The van der Waals surface area contributed by atoms with Crippen molar-refractivity contribution < 1.29 is 9.72 Å². The molecule has 1 heterocycles. The van der Waals surface area contributed by atoms with Crippen molar-refractivity contribution in [3.63, 3.8) is 0 Å². The Labute approximate surface area is 154 Å². The molecule has 0 spiro atoms. The van der Waals surface area contributed by atoms with E-state index >= 15 is 0 Å². The molecule has 0 aliphatic carbocycles. The molecular formula is C19H19N3O3S. The molecular weight excluding hydrogens is 350 g/mol. The Hall–Kier alpha value is -2.80. The lowest BCUT2D eigenvalue weighted by molar-refractivity contribution is -0.384. The molecule has 6 nitrogen and oxygen atoms in total. The summed E-state index contributed by atoms with van der Waals surface area (Å²) in [5, 5.41) is 10.7. The highest BCUT2D eigenvalue weighted by Crippen LogP contribution is 2.22. The fourth-order valence-electron chi connectivity index (χ4n) is 2.72. The Morgan fingerprint density at radius 1 is 1.19 bits per heavy atom. The monoisotopic (exact) mass is 369 g/mol. The summed E-state index contributed by atoms with van der Waals surface area (Å²) in [6, 6.07) is 9.77. The van der Waals surface area contributed by atoms with Gasteiger partial charge in [-0.05, 0) is 55.7 Å². The van der Waals surface area contributed by atoms with Crippen molar-refractivity contribution in [1.82, 2.24) is 4.57 Å². The van der Waals surface area contributed by atoms with Gasteiger partial charge in [0, 0.05) is 24.2 Å². The molecule has 1 amide bonds. The fourth-order valence-corrected chi connectivity index (χ4v) is 3.86. The summed E-state index contributed by atoms with van der Waals surface area (Å²) < 4.78 is 3.16. The number of aryl methyl sites for hydroxylation is 3. The lowest BCUT2D eigenvalue weighted by atomic mass is 10.1. The molecule has 134 valence electrons. The second kappa shape index (κ2) is 7.21. The van der Waals surface area contributed by atoms with E-state index in [9.17, 15) is 14.9 Å². The van der Waals surface area contributed by atoms with Crippen molar-refractivity contribution in [2.45, 2.75) is 33.7 Å². The molecule has 26 heavy (non-hydrogen) atoms. The van der Waals surface area contributed by atoms with E-state index < -0.39 is 10.8 Å². The molecule has 0 aliphatic heterocycles. The number of hydrogen-bond acceptors (Lipinski definition) is 4. The van der Waals surface area contributed by atoms with Crippen molar-refractivity contribution in [3.8, 4) is 0 Å². The van der Waals surface area contributed by atoms with Gasteiger partial charge >= 0.3 is 0 Å². The van der Waals surface area contributed by atoms with Gasteiger partial charge in [0.05, 0.1) is 15.1 Å². The van der Waals surface area contributed by atoms with E-state index in [4.69, 9.17) is 0 Å². The minimum Gasteiger partial charge on any atom is -0.316 e. The number of carbonyl (C=O) groups excluding carboxylic acids is 1. The molecule has 0 unspecified atom stereocenters. The number of rotatable bonds is 4. The molecule has 0 aliphatic rings. The predicted octanol–water partition coefficient (Wildman–Crippen LogP) is 4.38. The number of carbonyl (C=O) groups is 1. The Bertz CT molecular complexity index is 1060. The Morgan fingerprint density at radius 3 is 2.46 bits per heavy atom. The van der Waals surface area contributed by atoms with Crippen LogP contribution >= 0.6 is 11.3 Å². The van der Waals surface area contributed by atoms with Gasteiger partial charge in [-0.1, -0.05) is 18.3 Å². The molecule has 0 fully saturated rings. The molecule has 7 heteroatoms. The smallest absolute Gasteiger partial charge is 0.279 e. The summed E-state index contributed by atoms with van der Waals surface area (Å²) in [7, 11) is 0. The van der Waals surface area contributed by atoms with Crippen LogP contribution in [0.5, 0.6) is 0 Å². The van der Waals surface area contributed by atoms with Crippen LogP contribution < -0.4 is 4.80 Å². The van der Waals surface area contributed by atoms with E-state index in [1.54, 1.807) is 0 Å². The van der Waals surface area contributed by atoms with Crippen molar-refractivity contribution >= 4 is 33.1 Å². The number of thiazole rings is 1. The second-order valence-corrected chi connectivity index (χ2v) is 7.17. The molecule has 3 rings (SSSR count). The molecule has 0 saturated carbocycles. The summed E-state index contributed by atoms with van der Waals surface area (Å²) in [6.45, 7) is 6.99. The lowest BCUT2D eigenvalue weighted by Gasteiger charge is -2.05. The molecule has 0 N–H and O–H groups in total. The Kier molecular flexibility index (Phi) is 4.99. The first-order valence-corrected chi connectivity index (χ1v) is 9.16. The van der Waals surface area contributed by atoms with Crippen LogP contribution in [0.1, 0.15) is 34.8 Å². The largest absolute Gasteiger partial charge is 0.316 e. The highest BCUT2D eigenvalue weighted by molar-refractivity contribution is 7.16. The van der Waals surface area contributed by atoms with E-state index in [-0.39, 0.29) is 5.69 Å². The first kappa shape index (κ1) is 18.0. The third kappa shape index (κ3) is 3.43. The number of amides is 1. The zero-order chi connectivity index (χ0) is 18.8. The van der Waals surface area contributed by atoms with Crippen LogP contribution in [0.2, 0.25) is 0 Å². The van der Waals surface area contributed by atoms with Gasteiger partial charge in [-0.2, -0.15) is 4.99 Å². The maximum atomic E-state index is 12.5. The minimum atomic E-state index is -0.489. The highest BCUT2D eigenvalue weighted by atomic mass is 32.1. The predicted molar refractivity (Wildman–Crippen MR) is 103 cm³/mol. The van der Waals surface area contributed by atoms with Crippen LogP contribution in [-0.4, -0.2) is 15.4 Å². The van der Waals surface area contributed by atoms with Gasteiger partial charge < -0.3 is 4.57 Å². The number of nitrogens with zero attached hydrogens (tertiary/aromatic N) is 3. The number of non-ortho nitro benzene ring substituents is 1. The molecule has 0 saturated heterocycles. The first-order chi connectivity index (χ1) is 12.4. The van der Waals surface area contributed by atoms with E-state index in [1.807, 2.05) is 0 Å². The van der Waals surface area contributed by atoms with Gasteiger partial charge in [-0.25, -0.2) is 0 Å². The van der Waals surface area contributed by atoms with Crippen molar-refractivity contribution in [2.24, 2.45) is 4.99 Å². The van der Waals surface area contributed by atoms with Crippen LogP contribution in [0.25, 0.3) is 10.2 Å². The summed E-state index contributed by atoms with van der Waals surface area (Å²) in [6.07, 6.45) is 0.928. The van der Waals surface area contributed by atoms with Crippen LogP contribution in [-0.2, 0) is 6.54 Å². The number of benzene rings is 2. The van der Waals surface area contributed by atoms with Gasteiger partial charge in [0.15, 0.2) is 4.80 Å². The number of aromatic nitrogens is 1. The van der Waals surface area contributed by atoms with E-state index in [0.717, 1.165) is 23.2 Å². The fraction of sp³-hybridized carbons (Fsp3) is 0.263. The molecule has 3 aromatic rings. The quantitative estimate of drug-likeness (QED) is 0.506. The van der Waals surface area contributed by atoms with Gasteiger partial charge in [-0.15, -0.1) is 0 Å². The molecule has 0 atom stereocenters. The normalized spacial score (nSPS) is 11.9. The third-order valence-corrected chi connectivity index (χ3v) is 5.31. The SMILES string of the molecule is CCCn1c(=NC(=O)c2ccc([N+](=O)[O-])cc2)sc2cc(C)c(C)cc21. The number of nitro benzene ring substituents is 1. The van der Waals surface area contributed by atoms with Crippen molar-refractivity contribution in [2.75, 3.05) is 0 Å². The van der Waals surface area contributed by atoms with Gasteiger partial charge in [-0.3, -0.25) is 14.9 Å². The third-order valence-electron chi connectivity index (χ3n) is 4.27. The van der Waals surface area contributed by atoms with Gasteiger partial charge in [0.25, 0.3) is 11.6 Å². The van der Waals surface area contributed by atoms with Crippen LogP contribution in [0, 0.1) is 24.0 Å². The zero-order valence-corrected chi connectivity index (χ0v) is 15.7. The van der Waals surface area contributed by atoms with E-state index in [2.05, 4.69) is 42.5 Å². The number of fused-ring (bicyclic) bond motifs is 1. The van der Waals surface area contributed by atoms with Crippen molar-refractivity contribution in [1.29, 1.82) is 0 Å². The first-order valence-electron chi connectivity index (χ1n) is 8.34. The van der Waals surface area contributed by atoms with Crippen LogP contribution in [0.4, 0.5) is 5.69 Å². The average Bonchev–Trinajstić information content (AvgIpc) is 2.92. The topological polar surface area (TPSA) is 77.5 Å². The van der Waals surface area contributed by atoms with E-state index in [1.165, 1.54) is 46.7 Å². The van der Waals surface area contributed by atoms with Gasteiger partial charge in [0.1, 0.15) is 0 Å². The summed E-state index contributed by atoms with van der Waals surface area (Å²) in [5.74, 6) is -0.398. The van der Waals surface area contributed by atoms with Gasteiger partial charge in [0.2, 0.25) is 0 Å². The molecule has 2 aromatic carbocycles. The minimum absolute atomic E-state index is 0.0459. The van der Waals surface area contributed by atoms with Crippen molar-refractivity contribution in [3.05, 3.63) is 68.0 Å². The maximum absolute atomic E-state index is 12.5. The zero-order valence-electron chi connectivity index (χ0n) is 14.9. The van der Waals surface area contributed by atoms with E-state index in [0.29, 0.717) is 10.4 Å². The van der Waals surface area contributed by atoms with Crippen LogP contribution in [0.15, 0.2) is 41.4 Å². The highest BCUT2D eigenvalue weighted by Gasteiger charge is 2.12. The lowest BCUT2D eigenvalue weighted by Crippen LogP contribution is -2.17.